The van der Waals surface area contributed by atoms with Gasteiger partial charge in [0.1, 0.15) is 5.82 Å². The van der Waals surface area contributed by atoms with Gasteiger partial charge in [0.15, 0.2) is 0 Å². The second-order valence-corrected chi connectivity index (χ2v) is 5.40. The number of piperidine rings is 1. The standard InChI is InChI=1S/C14H22N4O/c1-3-5-14(10-19)6-4-7-18(9-14)12-8-11(2)16-13(15)17-12/h3,8,19H,1,4-7,9-10H2,2H3,(H2,15,16,17)/t14-/m0/s1. The van der Waals surface area contributed by atoms with Crippen LogP contribution in [0.1, 0.15) is 25.0 Å². The third kappa shape index (κ3) is 3.04. The van der Waals surface area contributed by atoms with Crippen LogP contribution in [-0.2, 0) is 0 Å². The lowest BCUT2D eigenvalue weighted by Crippen LogP contribution is -2.45. The average Bonchev–Trinajstić information content (AvgIpc) is 2.38. The van der Waals surface area contributed by atoms with Gasteiger partial charge in [-0.05, 0) is 26.2 Å². The first-order valence-corrected chi connectivity index (χ1v) is 6.66. The van der Waals surface area contributed by atoms with E-state index in [2.05, 4.69) is 21.4 Å². The molecule has 0 unspecified atom stereocenters. The number of aromatic nitrogens is 2. The van der Waals surface area contributed by atoms with E-state index in [0.29, 0.717) is 5.95 Å². The average molecular weight is 262 g/mol. The smallest absolute Gasteiger partial charge is 0.222 e. The van der Waals surface area contributed by atoms with Crippen molar-refractivity contribution < 1.29 is 5.11 Å². The molecule has 1 aromatic heterocycles. The topological polar surface area (TPSA) is 75.3 Å². The van der Waals surface area contributed by atoms with E-state index in [-0.39, 0.29) is 12.0 Å². The normalized spacial score (nSPS) is 23.4. The van der Waals surface area contributed by atoms with E-state index in [4.69, 9.17) is 5.73 Å². The zero-order chi connectivity index (χ0) is 13.9. The first-order valence-electron chi connectivity index (χ1n) is 6.66. The fourth-order valence-electron chi connectivity index (χ4n) is 2.81. The summed E-state index contributed by atoms with van der Waals surface area (Å²) in [7, 11) is 0. The molecule has 3 N–H and O–H groups in total. The molecule has 5 heteroatoms. The lowest BCUT2D eigenvalue weighted by molar-refractivity contribution is 0.108. The van der Waals surface area contributed by atoms with Crippen molar-refractivity contribution in [2.45, 2.75) is 26.2 Å². The molecular formula is C14H22N4O. The van der Waals surface area contributed by atoms with Crippen molar-refractivity contribution in [3.05, 3.63) is 24.4 Å². The summed E-state index contributed by atoms with van der Waals surface area (Å²) < 4.78 is 0. The van der Waals surface area contributed by atoms with Crippen LogP contribution in [0.25, 0.3) is 0 Å². The molecule has 1 aromatic rings. The van der Waals surface area contributed by atoms with E-state index in [1.165, 1.54) is 0 Å². The molecule has 1 aliphatic heterocycles. The molecule has 2 rings (SSSR count). The Morgan fingerprint density at radius 3 is 3.00 bits per heavy atom. The van der Waals surface area contributed by atoms with Crippen molar-refractivity contribution >= 4 is 11.8 Å². The molecule has 1 fully saturated rings. The Balaban J connectivity index is 2.22. The minimum atomic E-state index is -0.104. The predicted octanol–water partition coefficient (Wildman–Crippen LogP) is 1.52. The van der Waals surface area contributed by atoms with Gasteiger partial charge in [-0.1, -0.05) is 6.08 Å². The van der Waals surface area contributed by atoms with Gasteiger partial charge in [-0.15, -0.1) is 6.58 Å². The van der Waals surface area contributed by atoms with Crippen LogP contribution in [0.4, 0.5) is 11.8 Å². The lowest BCUT2D eigenvalue weighted by atomic mass is 9.78. The Kier molecular flexibility index (Phi) is 4.04. The maximum Gasteiger partial charge on any atom is 0.222 e. The van der Waals surface area contributed by atoms with Crippen LogP contribution in [0.2, 0.25) is 0 Å². The van der Waals surface area contributed by atoms with E-state index in [1.807, 2.05) is 19.1 Å². The molecular weight excluding hydrogens is 240 g/mol. The fourth-order valence-corrected chi connectivity index (χ4v) is 2.81. The number of aryl methyl sites for hydroxylation is 1. The largest absolute Gasteiger partial charge is 0.396 e. The summed E-state index contributed by atoms with van der Waals surface area (Å²) >= 11 is 0. The van der Waals surface area contributed by atoms with Gasteiger partial charge < -0.3 is 15.7 Å². The molecule has 0 spiro atoms. The van der Waals surface area contributed by atoms with Gasteiger partial charge in [-0.25, -0.2) is 4.98 Å². The van der Waals surface area contributed by atoms with Crippen molar-refractivity contribution in [2.24, 2.45) is 5.41 Å². The van der Waals surface area contributed by atoms with Crippen LogP contribution >= 0.6 is 0 Å². The number of hydrogen-bond acceptors (Lipinski definition) is 5. The van der Waals surface area contributed by atoms with Crippen molar-refractivity contribution in [3.63, 3.8) is 0 Å². The van der Waals surface area contributed by atoms with Gasteiger partial charge in [-0.3, -0.25) is 0 Å². The minimum absolute atomic E-state index is 0.104. The highest BCUT2D eigenvalue weighted by molar-refractivity contribution is 5.44. The molecule has 0 aliphatic carbocycles. The zero-order valence-electron chi connectivity index (χ0n) is 11.5. The van der Waals surface area contributed by atoms with Crippen molar-refractivity contribution in [2.75, 3.05) is 30.3 Å². The molecule has 0 amide bonds. The number of nitrogens with zero attached hydrogens (tertiary/aromatic N) is 3. The van der Waals surface area contributed by atoms with Crippen LogP contribution in [-0.4, -0.2) is 34.8 Å². The molecule has 0 bridgehead atoms. The van der Waals surface area contributed by atoms with E-state index in [1.54, 1.807) is 0 Å². The van der Waals surface area contributed by atoms with Crippen LogP contribution in [0.5, 0.6) is 0 Å². The SMILES string of the molecule is C=CC[C@]1(CO)CCCN(c2cc(C)nc(N)n2)C1. The maximum absolute atomic E-state index is 9.71. The first kappa shape index (κ1) is 13.8. The Labute approximate surface area is 114 Å². The monoisotopic (exact) mass is 262 g/mol. The summed E-state index contributed by atoms with van der Waals surface area (Å²) in [6.45, 7) is 7.61. The summed E-state index contributed by atoms with van der Waals surface area (Å²) in [5, 5.41) is 9.71. The van der Waals surface area contributed by atoms with Crippen LogP contribution < -0.4 is 10.6 Å². The van der Waals surface area contributed by atoms with E-state index in [9.17, 15) is 5.11 Å². The molecule has 104 valence electrons. The number of hydrogen-bond donors (Lipinski definition) is 2. The molecule has 19 heavy (non-hydrogen) atoms. The highest BCUT2D eigenvalue weighted by Gasteiger charge is 2.34. The van der Waals surface area contributed by atoms with Gasteiger partial charge in [0.25, 0.3) is 0 Å². The molecule has 1 atom stereocenters. The first-order chi connectivity index (χ1) is 9.08. The second-order valence-electron chi connectivity index (χ2n) is 5.40. The summed E-state index contributed by atoms with van der Waals surface area (Å²) in [4.78, 5) is 10.6. The Bertz CT molecular complexity index is 443. The Morgan fingerprint density at radius 2 is 2.37 bits per heavy atom. The molecule has 0 aromatic carbocycles. The molecule has 1 aliphatic rings. The molecule has 5 nitrogen and oxygen atoms in total. The third-order valence-electron chi connectivity index (χ3n) is 3.76. The number of anilines is 2. The highest BCUT2D eigenvalue weighted by atomic mass is 16.3. The van der Waals surface area contributed by atoms with E-state index in [0.717, 1.165) is 43.9 Å². The van der Waals surface area contributed by atoms with Gasteiger partial charge in [-0.2, -0.15) is 4.98 Å². The van der Waals surface area contributed by atoms with Crippen LogP contribution in [0, 0.1) is 12.3 Å². The Morgan fingerprint density at radius 1 is 1.58 bits per heavy atom. The zero-order valence-corrected chi connectivity index (χ0v) is 11.5. The summed E-state index contributed by atoms with van der Waals surface area (Å²) in [6.07, 6.45) is 4.77. The lowest BCUT2D eigenvalue weighted by Gasteiger charge is -2.42. The Hall–Kier alpha value is -1.62. The van der Waals surface area contributed by atoms with Crippen LogP contribution in [0.3, 0.4) is 0 Å². The number of rotatable bonds is 4. The molecule has 2 heterocycles. The van der Waals surface area contributed by atoms with Crippen molar-refractivity contribution in [1.29, 1.82) is 0 Å². The van der Waals surface area contributed by atoms with Crippen molar-refractivity contribution in [1.82, 2.24) is 9.97 Å². The van der Waals surface area contributed by atoms with Gasteiger partial charge in [0.2, 0.25) is 5.95 Å². The number of aliphatic hydroxyl groups is 1. The highest BCUT2D eigenvalue weighted by Crippen LogP contribution is 2.35. The molecule has 0 saturated carbocycles. The molecule has 1 saturated heterocycles. The number of allylic oxidation sites excluding steroid dienone is 1. The number of nitrogens with two attached hydrogens (primary N) is 1. The number of nitrogen functional groups attached to an aromatic ring is 1. The van der Waals surface area contributed by atoms with E-state index < -0.39 is 0 Å². The third-order valence-corrected chi connectivity index (χ3v) is 3.76. The quantitative estimate of drug-likeness (QED) is 0.805. The molecule has 0 radical (unpaired) electrons. The summed E-state index contributed by atoms with van der Waals surface area (Å²) in [5.41, 5.74) is 6.47. The summed E-state index contributed by atoms with van der Waals surface area (Å²) in [5.74, 6) is 1.16. The maximum atomic E-state index is 9.71. The minimum Gasteiger partial charge on any atom is -0.396 e. The van der Waals surface area contributed by atoms with Gasteiger partial charge in [0, 0.05) is 30.3 Å². The summed E-state index contributed by atoms with van der Waals surface area (Å²) in [6, 6.07) is 1.94. The predicted molar refractivity (Wildman–Crippen MR) is 77.0 cm³/mol. The van der Waals surface area contributed by atoms with Crippen molar-refractivity contribution in [3.8, 4) is 0 Å². The number of aliphatic hydroxyl groups excluding tert-OH is 1. The van der Waals surface area contributed by atoms with Crippen LogP contribution in [0.15, 0.2) is 18.7 Å². The fraction of sp³-hybridized carbons (Fsp3) is 0.571. The van der Waals surface area contributed by atoms with Gasteiger partial charge in [0.05, 0.1) is 6.61 Å². The van der Waals surface area contributed by atoms with Gasteiger partial charge >= 0.3 is 0 Å². The van der Waals surface area contributed by atoms with E-state index >= 15 is 0 Å². The second kappa shape index (κ2) is 5.57.